The van der Waals surface area contributed by atoms with Crippen molar-refractivity contribution in [1.29, 1.82) is 5.41 Å². The van der Waals surface area contributed by atoms with Crippen molar-refractivity contribution in [1.82, 2.24) is 10.2 Å². The van der Waals surface area contributed by atoms with E-state index in [1.54, 1.807) is 36.4 Å². The molecular weight excluding hydrogens is 449 g/mol. The lowest BCUT2D eigenvalue weighted by Gasteiger charge is -2.31. The highest BCUT2D eigenvalue weighted by Gasteiger charge is 2.43. The number of nitrogens with two attached hydrogens (primary N) is 1. The zero-order valence-electron chi connectivity index (χ0n) is 18.7. The summed E-state index contributed by atoms with van der Waals surface area (Å²) < 4.78 is 44.9. The van der Waals surface area contributed by atoms with E-state index in [0.717, 1.165) is 4.90 Å². The first kappa shape index (κ1) is 25.2. The van der Waals surface area contributed by atoms with Crippen LogP contribution >= 0.6 is 0 Å². The number of benzene rings is 2. The van der Waals surface area contributed by atoms with Gasteiger partial charge in [-0.25, -0.2) is 4.79 Å². The number of amides is 1. The molecule has 34 heavy (non-hydrogen) atoms. The fourth-order valence-electron chi connectivity index (χ4n) is 4.05. The summed E-state index contributed by atoms with van der Waals surface area (Å²) in [6.45, 7) is 1.03. The maximum absolute atomic E-state index is 13.4. The molecule has 0 aromatic heterocycles. The number of hydrogen-bond acceptors (Lipinski definition) is 5. The van der Waals surface area contributed by atoms with Gasteiger partial charge in [0.05, 0.1) is 12.7 Å². The highest BCUT2D eigenvalue weighted by molar-refractivity contribution is 5.96. The molecule has 182 valence electrons. The number of methoxy groups -OCH3 is 1. The minimum Gasteiger partial charge on any atom is -0.465 e. The Kier molecular flexibility index (Phi) is 7.93. The zero-order valence-corrected chi connectivity index (χ0v) is 18.7. The Balaban J connectivity index is 2.00. The molecule has 1 aliphatic rings. The van der Waals surface area contributed by atoms with Crippen LogP contribution in [0.4, 0.5) is 13.2 Å². The van der Waals surface area contributed by atoms with Gasteiger partial charge in [-0.3, -0.25) is 10.2 Å². The molecule has 1 fully saturated rings. The van der Waals surface area contributed by atoms with Crippen molar-refractivity contribution in [3.8, 4) is 11.1 Å². The van der Waals surface area contributed by atoms with Crippen LogP contribution in [0, 0.1) is 11.3 Å². The van der Waals surface area contributed by atoms with Gasteiger partial charge in [-0.2, -0.15) is 13.2 Å². The fraction of sp³-hybridized carbons (Fsp3) is 0.375. The molecule has 0 atom stereocenters. The molecule has 10 heteroatoms. The first-order valence-electron chi connectivity index (χ1n) is 10.8. The van der Waals surface area contributed by atoms with Crippen molar-refractivity contribution in [2.75, 3.05) is 26.7 Å². The number of ether oxygens (including phenoxy) is 1. The zero-order chi connectivity index (χ0) is 24.9. The number of hydrogen-bond donors (Lipinski definition) is 3. The van der Waals surface area contributed by atoms with Crippen LogP contribution < -0.4 is 11.1 Å². The molecule has 0 spiro atoms. The Bertz CT molecular complexity index is 1070. The second kappa shape index (κ2) is 10.7. The Labute approximate surface area is 195 Å². The minimum absolute atomic E-state index is 0.0301. The van der Waals surface area contributed by atoms with Gasteiger partial charge in [0, 0.05) is 18.7 Å². The number of amidine groups is 1. The molecule has 3 rings (SSSR count). The molecule has 1 heterocycles. The maximum Gasteiger partial charge on any atom is 0.471 e. The Morgan fingerprint density at radius 2 is 1.79 bits per heavy atom. The number of nitrogens with one attached hydrogen (secondary N) is 2. The predicted molar refractivity (Wildman–Crippen MR) is 121 cm³/mol. The van der Waals surface area contributed by atoms with Gasteiger partial charge in [0.25, 0.3) is 0 Å². The summed E-state index contributed by atoms with van der Waals surface area (Å²) in [5.74, 6) is -2.76. The topological polar surface area (TPSA) is 109 Å². The predicted octanol–water partition coefficient (Wildman–Crippen LogP) is 3.31. The van der Waals surface area contributed by atoms with Gasteiger partial charge in [-0.05, 0) is 72.8 Å². The van der Waals surface area contributed by atoms with E-state index in [2.05, 4.69) is 5.32 Å². The fourth-order valence-corrected chi connectivity index (χ4v) is 4.05. The van der Waals surface area contributed by atoms with E-state index >= 15 is 0 Å². The van der Waals surface area contributed by atoms with Gasteiger partial charge in [-0.1, -0.05) is 18.2 Å². The molecule has 1 aliphatic heterocycles. The normalized spacial score (nSPS) is 14.5. The number of nitrogen functional groups attached to an aromatic ring is 1. The smallest absolute Gasteiger partial charge is 0.465 e. The number of halogens is 3. The van der Waals surface area contributed by atoms with Crippen molar-refractivity contribution in [3.05, 3.63) is 59.2 Å². The summed E-state index contributed by atoms with van der Waals surface area (Å²) in [5, 5.41) is 10.8. The lowest BCUT2D eigenvalue weighted by molar-refractivity contribution is -0.186. The molecule has 0 unspecified atom stereocenters. The number of carbonyl (C=O) groups excluding carboxylic acids is 2. The SMILES string of the molecule is COC(=O)c1cc(CN(CC2CCNCC2)C(=O)C(F)(F)F)cc(-c2cccc(C(=N)N)c2)c1. The average molecular weight is 476 g/mol. The van der Waals surface area contributed by atoms with E-state index in [4.69, 9.17) is 15.9 Å². The summed E-state index contributed by atoms with van der Waals surface area (Å²) in [6.07, 6.45) is -3.66. The van der Waals surface area contributed by atoms with Crippen molar-refractivity contribution < 1.29 is 27.5 Å². The first-order valence-corrected chi connectivity index (χ1v) is 10.8. The lowest BCUT2D eigenvalue weighted by atomic mass is 9.96. The van der Waals surface area contributed by atoms with Gasteiger partial charge in [-0.15, -0.1) is 0 Å². The highest BCUT2D eigenvalue weighted by atomic mass is 19.4. The largest absolute Gasteiger partial charge is 0.471 e. The molecule has 0 radical (unpaired) electrons. The number of rotatable bonds is 7. The van der Waals surface area contributed by atoms with Gasteiger partial charge in [0.2, 0.25) is 0 Å². The Morgan fingerprint density at radius 3 is 2.41 bits per heavy atom. The van der Waals surface area contributed by atoms with Gasteiger partial charge >= 0.3 is 18.1 Å². The third-order valence-electron chi connectivity index (χ3n) is 5.76. The number of carbonyl (C=O) groups is 2. The van der Waals surface area contributed by atoms with E-state index in [0.29, 0.717) is 48.2 Å². The summed E-state index contributed by atoms with van der Waals surface area (Å²) >= 11 is 0. The molecule has 1 saturated heterocycles. The number of piperidine rings is 1. The molecule has 2 aromatic carbocycles. The molecule has 1 amide bonds. The van der Waals surface area contributed by atoms with E-state index in [-0.39, 0.29) is 30.4 Å². The highest BCUT2D eigenvalue weighted by Crippen LogP contribution is 2.27. The molecule has 4 N–H and O–H groups in total. The monoisotopic (exact) mass is 476 g/mol. The van der Waals surface area contributed by atoms with Gasteiger partial charge < -0.3 is 20.7 Å². The van der Waals surface area contributed by atoms with E-state index in [1.165, 1.54) is 13.2 Å². The van der Waals surface area contributed by atoms with Crippen LogP contribution in [0.15, 0.2) is 42.5 Å². The van der Waals surface area contributed by atoms with Crippen molar-refractivity contribution in [3.63, 3.8) is 0 Å². The summed E-state index contributed by atoms with van der Waals surface area (Å²) in [4.78, 5) is 25.3. The summed E-state index contributed by atoms with van der Waals surface area (Å²) in [7, 11) is 1.21. The number of nitrogens with zero attached hydrogens (tertiary/aromatic N) is 1. The summed E-state index contributed by atoms with van der Waals surface area (Å²) in [6, 6.07) is 11.3. The molecule has 0 aliphatic carbocycles. The second-order valence-corrected chi connectivity index (χ2v) is 8.28. The second-order valence-electron chi connectivity index (χ2n) is 8.28. The van der Waals surface area contributed by atoms with Crippen LogP contribution in [0.1, 0.15) is 34.3 Å². The third-order valence-corrected chi connectivity index (χ3v) is 5.76. The standard InChI is InChI=1S/C24H27F3N4O3/c1-34-22(32)20-10-16(9-19(12-20)17-3-2-4-18(11-17)21(28)29)14-31(23(33)24(25,26)27)13-15-5-7-30-8-6-15/h2-4,9-12,15,30H,5-8,13-14H2,1H3,(H3,28,29). The Hall–Kier alpha value is -3.40. The van der Waals surface area contributed by atoms with Crippen LogP contribution in [-0.4, -0.2) is 55.5 Å². The quantitative estimate of drug-likeness (QED) is 0.323. The lowest BCUT2D eigenvalue weighted by Crippen LogP contribution is -2.44. The van der Waals surface area contributed by atoms with Crippen LogP contribution in [0.25, 0.3) is 11.1 Å². The van der Waals surface area contributed by atoms with Crippen LogP contribution in [0.3, 0.4) is 0 Å². The summed E-state index contributed by atoms with van der Waals surface area (Å²) in [5.41, 5.74) is 7.68. The molecule has 7 nitrogen and oxygen atoms in total. The number of esters is 1. The van der Waals surface area contributed by atoms with Crippen molar-refractivity contribution in [2.24, 2.45) is 11.7 Å². The minimum atomic E-state index is -5.01. The van der Waals surface area contributed by atoms with Gasteiger partial charge in [0.1, 0.15) is 5.84 Å². The molecule has 2 aromatic rings. The number of alkyl halides is 3. The maximum atomic E-state index is 13.4. The molecular formula is C24H27F3N4O3. The average Bonchev–Trinajstić information content (AvgIpc) is 2.82. The van der Waals surface area contributed by atoms with E-state index in [1.807, 2.05) is 0 Å². The first-order chi connectivity index (χ1) is 16.1. The molecule has 0 bridgehead atoms. The van der Waals surface area contributed by atoms with Crippen molar-refractivity contribution in [2.45, 2.75) is 25.6 Å². The van der Waals surface area contributed by atoms with Crippen LogP contribution in [-0.2, 0) is 16.1 Å². The Morgan fingerprint density at radius 1 is 1.12 bits per heavy atom. The van der Waals surface area contributed by atoms with Crippen LogP contribution in [0.5, 0.6) is 0 Å². The van der Waals surface area contributed by atoms with Crippen molar-refractivity contribution >= 4 is 17.7 Å². The van der Waals surface area contributed by atoms with Crippen LogP contribution in [0.2, 0.25) is 0 Å². The third kappa shape index (κ3) is 6.34. The van der Waals surface area contributed by atoms with E-state index in [9.17, 15) is 22.8 Å². The molecule has 0 saturated carbocycles. The van der Waals surface area contributed by atoms with E-state index < -0.39 is 18.1 Å². The van der Waals surface area contributed by atoms with Gasteiger partial charge in [0.15, 0.2) is 0 Å².